The molecule has 0 unspecified atom stereocenters. The van der Waals surface area contributed by atoms with Crippen molar-refractivity contribution in [1.29, 1.82) is 0 Å². The second-order valence-electron chi connectivity index (χ2n) is 4.93. The molecule has 1 aliphatic carbocycles. The third-order valence-electron chi connectivity index (χ3n) is 3.54. The molecule has 1 aromatic carbocycles. The number of aromatic carboxylic acids is 1. The fourth-order valence-corrected chi connectivity index (χ4v) is 2.18. The third kappa shape index (κ3) is 3.46. The lowest BCUT2D eigenvalue weighted by Gasteiger charge is -2.25. The van der Waals surface area contributed by atoms with Crippen LogP contribution in [0.5, 0.6) is 0 Å². The average Bonchev–Trinajstić information content (AvgIpc) is 2.32. The topological polar surface area (TPSA) is 78.4 Å². The van der Waals surface area contributed by atoms with Gasteiger partial charge in [0.2, 0.25) is 0 Å². The zero-order valence-corrected chi connectivity index (χ0v) is 11.0. The molecule has 0 radical (unpaired) electrons. The van der Waals surface area contributed by atoms with Crippen molar-refractivity contribution in [1.82, 2.24) is 5.32 Å². The Kier molecular flexibility index (Phi) is 4.55. The van der Waals surface area contributed by atoms with E-state index < -0.39 is 23.4 Å². The first-order valence-corrected chi connectivity index (χ1v) is 6.64. The van der Waals surface area contributed by atoms with E-state index in [1.807, 2.05) is 0 Å². The number of halogens is 1. The summed E-state index contributed by atoms with van der Waals surface area (Å²) >= 11 is 0. The highest BCUT2D eigenvalue weighted by atomic mass is 19.1. The van der Waals surface area contributed by atoms with E-state index in [9.17, 15) is 14.0 Å². The zero-order chi connectivity index (χ0) is 14.5. The van der Waals surface area contributed by atoms with Crippen molar-refractivity contribution in [3.63, 3.8) is 0 Å². The maximum absolute atomic E-state index is 13.4. The largest absolute Gasteiger partial charge is 0.478 e. The van der Waals surface area contributed by atoms with Gasteiger partial charge < -0.3 is 15.7 Å². The van der Waals surface area contributed by atoms with Crippen LogP contribution in [0.1, 0.15) is 36.0 Å². The van der Waals surface area contributed by atoms with Crippen LogP contribution in [0, 0.1) is 11.7 Å². The molecule has 6 heteroatoms. The highest BCUT2D eigenvalue weighted by molar-refractivity contribution is 6.00. The van der Waals surface area contributed by atoms with Crippen LogP contribution >= 0.6 is 0 Å². The zero-order valence-electron chi connectivity index (χ0n) is 11.0. The number of carboxylic acids is 1. The van der Waals surface area contributed by atoms with E-state index in [1.165, 1.54) is 31.4 Å². The van der Waals surface area contributed by atoms with Crippen molar-refractivity contribution < 1.29 is 19.1 Å². The molecule has 5 nitrogen and oxygen atoms in total. The lowest BCUT2D eigenvalue weighted by Crippen LogP contribution is -2.32. The van der Waals surface area contributed by atoms with Crippen molar-refractivity contribution in [3.8, 4) is 0 Å². The van der Waals surface area contributed by atoms with Crippen molar-refractivity contribution in [2.75, 3.05) is 11.9 Å². The molecule has 1 aliphatic rings. The van der Waals surface area contributed by atoms with Crippen molar-refractivity contribution in [2.45, 2.75) is 25.7 Å². The number of urea groups is 1. The molecule has 108 valence electrons. The summed E-state index contributed by atoms with van der Waals surface area (Å²) in [5.74, 6) is -1.60. The molecule has 1 aromatic rings. The Hall–Kier alpha value is -2.11. The molecule has 0 spiro atoms. The molecule has 0 heterocycles. The van der Waals surface area contributed by atoms with E-state index in [0.29, 0.717) is 12.5 Å². The van der Waals surface area contributed by atoms with Crippen molar-refractivity contribution in [3.05, 3.63) is 29.6 Å². The number of rotatable bonds is 5. The molecule has 2 rings (SSSR count). The minimum Gasteiger partial charge on any atom is -0.478 e. The highest BCUT2D eigenvalue weighted by Gasteiger charge is 2.18. The van der Waals surface area contributed by atoms with Gasteiger partial charge in [0, 0.05) is 6.54 Å². The number of amides is 2. The standard InChI is InChI=1S/C14H17FN2O3/c15-10-5-2-6-11(12(10)13(18)19)17-14(20)16-8-7-9-3-1-4-9/h2,5-6,9H,1,3-4,7-8H2,(H,18,19)(H2,16,17,20). The fourth-order valence-electron chi connectivity index (χ4n) is 2.18. The first-order valence-electron chi connectivity index (χ1n) is 6.64. The Bertz CT molecular complexity index is 515. The van der Waals surface area contributed by atoms with Gasteiger partial charge in [0.05, 0.1) is 5.69 Å². The maximum Gasteiger partial charge on any atom is 0.340 e. The number of carbonyl (C=O) groups excluding carboxylic acids is 1. The van der Waals surface area contributed by atoms with Crippen LogP contribution in [0.3, 0.4) is 0 Å². The van der Waals surface area contributed by atoms with E-state index in [4.69, 9.17) is 5.11 Å². The van der Waals surface area contributed by atoms with E-state index in [2.05, 4.69) is 10.6 Å². The van der Waals surface area contributed by atoms with E-state index in [1.54, 1.807) is 0 Å². The number of hydrogen-bond donors (Lipinski definition) is 3. The van der Waals surface area contributed by atoms with Crippen LogP contribution in [-0.4, -0.2) is 23.7 Å². The van der Waals surface area contributed by atoms with E-state index in [-0.39, 0.29) is 5.69 Å². The van der Waals surface area contributed by atoms with Gasteiger partial charge in [-0.3, -0.25) is 0 Å². The summed E-state index contributed by atoms with van der Waals surface area (Å²) in [6.45, 7) is 0.536. The monoisotopic (exact) mass is 280 g/mol. The first-order chi connectivity index (χ1) is 9.58. The number of carbonyl (C=O) groups is 2. The van der Waals surface area contributed by atoms with Crippen LogP contribution < -0.4 is 10.6 Å². The summed E-state index contributed by atoms with van der Waals surface area (Å²) in [4.78, 5) is 22.6. The minimum absolute atomic E-state index is 0.0429. The molecule has 0 aromatic heterocycles. The van der Waals surface area contributed by atoms with E-state index >= 15 is 0 Å². The van der Waals surface area contributed by atoms with Gasteiger partial charge in [-0.15, -0.1) is 0 Å². The number of benzene rings is 1. The van der Waals surface area contributed by atoms with E-state index in [0.717, 1.165) is 12.5 Å². The van der Waals surface area contributed by atoms with Gasteiger partial charge in [-0.2, -0.15) is 0 Å². The van der Waals surface area contributed by atoms with Gasteiger partial charge in [-0.05, 0) is 24.5 Å². The van der Waals surface area contributed by atoms with Crippen LogP contribution in [0.2, 0.25) is 0 Å². The van der Waals surface area contributed by atoms with Gasteiger partial charge in [-0.25, -0.2) is 14.0 Å². The molecule has 0 saturated heterocycles. The molecule has 20 heavy (non-hydrogen) atoms. The number of nitrogens with one attached hydrogen (secondary N) is 2. The number of anilines is 1. The summed E-state index contributed by atoms with van der Waals surface area (Å²) < 4.78 is 13.4. The Balaban J connectivity index is 1.90. The summed E-state index contributed by atoms with van der Waals surface area (Å²) in [6, 6.07) is 3.24. The Morgan fingerprint density at radius 3 is 2.70 bits per heavy atom. The van der Waals surface area contributed by atoms with Crippen molar-refractivity contribution >= 4 is 17.7 Å². The lowest BCUT2D eigenvalue weighted by atomic mass is 9.83. The van der Waals surface area contributed by atoms with Crippen LogP contribution in [0.4, 0.5) is 14.9 Å². The second-order valence-corrected chi connectivity index (χ2v) is 4.93. The first kappa shape index (κ1) is 14.3. The molecule has 0 atom stereocenters. The van der Waals surface area contributed by atoms with Crippen LogP contribution in [0.15, 0.2) is 18.2 Å². The van der Waals surface area contributed by atoms with Gasteiger partial charge in [0.25, 0.3) is 0 Å². The molecular formula is C14H17FN2O3. The van der Waals surface area contributed by atoms with Crippen LogP contribution in [0.25, 0.3) is 0 Å². The summed E-state index contributed by atoms with van der Waals surface area (Å²) in [5.41, 5.74) is -0.569. The number of carboxylic acid groups (broad SMARTS) is 1. The van der Waals surface area contributed by atoms with Gasteiger partial charge in [0.15, 0.2) is 0 Å². The SMILES string of the molecule is O=C(NCCC1CCC1)Nc1cccc(F)c1C(=O)O. The summed E-state index contributed by atoms with van der Waals surface area (Å²) in [5, 5.41) is 14.0. The summed E-state index contributed by atoms with van der Waals surface area (Å²) in [6.07, 6.45) is 4.58. The highest BCUT2D eigenvalue weighted by Crippen LogP contribution is 2.28. The second kappa shape index (κ2) is 6.36. The average molecular weight is 280 g/mol. The molecule has 0 aliphatic heterocycles. The molecular weight excluding hydrogens is 263 g/mol. The third-order valence-corrected chi connectivity index (χ3v) is 3.54. The fraction of sp³-hybridized carbons (Fsp3) is 0.429. The van der Waals surface area contributed by atoms with Gasteiger partial charge in [-0.1, -0.05) is 25.3 Å². The van der Waals surface area contributed by atoms with Gasteiger partial charge >= 0.3 is 12.0 Å². The maximum atomic E-state index is 13.4. The van der Waals surface area contributed by atoms with Crippen molar-refractivity contribution in [2.24, 2.45) is 5.92 Å². The predicted molar refractivity (Wildman–Crippen MR) is 72.3 cm³/mol. The Morgan fingerprint density at radius 2 is 2.10 bits per heavy atom. The van der Waals surface area contributed by atoms with Gasteiger partial charge in [0.1, 0.15) is 11.4 Å². The molecule has 0 bridgehead atoms. The minimum atomic E-state index is -1.41. The number of hydrogen-bond acceptors (Lipinski definition) is 2. The summed E-state index contributed by atoms with van der Waals surface area (Å²) in [7, 11) is 0. The smallest absolute Gasteiger partial charge is 0.340 e. The Morgan fingerprint density at radius 1 is 1.35 bits per heavy atom. The Labute approximate surface area is 116 Å². The molecule has 2 amide bonds. The molecule has 3 N–H and O–H groups in total. The predicted octanol–water partition coefficient (Wildman–Crippen LogP) is 2.84. The lowest BCUT2D eigenvalue weighted by molar-refractivity contribution is 0.0693. The molecule has 1 saturated carbocycles. The van der Waals surface area contributed by atoms with Crippen LogP contribution in [-0.2, 0) is 0 Å². The molecule has 1 fully saturated rings. The normalized spacial score (nSPS) is 14.4. The quantitative estimate of drug-likeness (QED) is 0.776.